The van der Waals surface area contributed by atoms with Crippen LogP contribution in [0, 0.1) is 0 Å². The first-order valence-corrected chi connectivity index (χ1v) is 14.9. The number of piperidine rings is 3. The standard InChI is InChI=1S/C6H14N2.C6H11NO.2C6H13N.C5H11N.CH4/c1-7-3-5-8(2)6-4-7;1-7-4-2-3-6(8)5-7;2*1-7-5-3-2-4-6-7;1-6-4-2-3-5-6;/h3-6H2,1-2H3;2-5H2,1H3;2*2-6H2,1H3;2-5H2,1H3;1H4. The summed E-state index contributed by atoms with van der Waals surface area (Å²) in [6.45, 7) is 14.6. The normalized spacial score (nSPS) is 24.5. The number of likely N-dealkylation sites (N-methyl/N-ethyl adjacent to an activating group) is 3. The minimum Gasteiger partial charge on any atom is -0.306 e. The van der Waals surface area contributed by atoms with Crippen molar-refractivity contribution in [2.75, 3.05) is 121 Å². The Bertz CT molecular complexity index is 482. The first kappa shape index (κ1) is 36.4. The lowest BCUT2D eigenvalue weighted by molar-refractivity contribution is -0.121. The van der Waals surface area contributed by atoms with Gasteiger partial charge in [0.25, 0.3) is 0 Å². The van der Waals surface area contributed by atoms with Crippen molar-refractivity contribution in [3.05, 3.63) is 0 Å². The SMILES string of the molecule is C.CN1CCCC(=O)C1.CN1CCCC1.CN1CCCCC1.CN1CCCCC1.CN1CCN(C)CC1. The van der Waals surface area contributed by atoms with Crippen LogP contribution in [0.1, 0.15) is 71.6 Å². The average molecular weight is 527 g/mol. The molecule has 5 saturated heterocycles. The molecular weight excluding hydrogens is 460 g/mol. The number of likely N-dealkylation sites (tertiary alicyclic amines) is 4. The summed E-state index contributed by atoms with van der Waals surface area (Å²) in [6.07, 6.45) is 13.2. The molecule has 0 N–H and O–H groups in total. The number of nitrogens with zero attached hydrogens (tertiary/aromatic N) is 6. The molecule has 0 atom stereocenters. The van der Waals surface area contributed by atoms with E-state index in [1.54, 1.807) is 0 Å². The summed E-state index contributed by atoms with van der Waals surface area (Å²) in [5, 5.41) is 0. The maximum atomic E-state index is 10.6. The van der Waals surface area contributed by atoms with Gasteiger partial charge in [-0.05, 0) is 133 Å². The van der Waals surface area contributed by atoms with E-state index in [0.717, 1.165) is 19.4 Å². The summed E-state index contributed by atoms with van der Waals surface area (Å²) >= 11 is 0. The predicted octanol–water partition coefficient (Wildman–Crippen LogP) is 3.70. The third-order valence-electron chi connectivity index (χ3n) is 7.66. The second kappa shape index (κ2) is 23.3. The minimum atomic E-state index is 0. The van der Waals surface area contributed by atoms with Gasteiger partial charge in [-0.2, -0.15) is 0 Å². The predicted molar refractivity (Wildman–Crippen MR) is 163 cm³/mol. The highest BCUT2D eigenvalue weighted by molar-refractivity contribution is 5.80. The molecule has 0 saturated carbocycles. The lowest BCUT2D eigenvalue weighted by Gasteiger charge is -2.28. The van der Waals surface area contributed by atoms with Gasteiger partial charge < -0.3 is 24.5 Å². The van der Waals surface area contributed by atoms with Gasteiger partial charge in [0.2, 0.25) is 0 Å². The monoisotopic (exact) mass is 527 g/mol. The molecule has 5 aliphatic rings. The molecule has 5 fully saturated rings. The Labute approximate surface area is 232 Å². The summed E-state index contributed by atoms with van der Waals surface area (Å²) in [7, 11) is 12.9. The van der Waals surface area contributed by atoms with E-state index in [1.165, 1.54) is 117 Å². The first-order valence-electron chi connectivity index (χ1n) is 14.9. The van der Waals surface area contributed by atoms with Crippen LogP contribution in [0.15, 0.2) is 0 Å². The number of Topliss-reactive ketones (excluding diaryl/α,β-unsaturated/α-hetero) is 1. The Morgan fingerprint density at radius 3 is 0.838 bits per heavy atom. The summed E-state index contributed by atoms with van der Waals surface area (Å²) in [5.74, 6) is 0.388. The molecule has 5 aliphatic heterocycles. The first-order chi connectivity index (χ1) is 17.3. The molecule has 5 heterocycles. The molecule has 7 nitrogen and oxygen atoms in total. The van der Waals surface area contributed by atoms with Gasteiger partial charge in [-0.25, -0.2) is 0 Å². The smallest absolute Gasteiger partial charge is 0.146 e. The van der Waals surface area contributed by atoms with Gasteiger partial charge in [-0.3, -0.25) is 9.69 Å². The van der Waals surface area contributed by atoms with Crippen LogP contribution >= 0.6 is 0 Å². The van der Waals surface area contributed by atoms with Gasteiger partial charge >= 0.3 is 0 Å². The van der Waals surface area contributed by atoms with Crippen molar-refractivity contribution >= 4 is 5.78 Å². The van der Waals surface area contributed by atoms with Crippen LogP contribution in [0.25, 0.3) is 0 Å². The third-order valence-corrected chi connectivity index (χ3v) is 7.66. The van der Waals surface area contributed by atoms with Gasteiger partial charge in [-0.15, -0.1) is 0 Å². The van der Waals surface area contributed by atoms with Crippen LogP contribution in [0.3, 0.4) is 0 Å². The zero-order chi connectivity index (χ0) is 26.6. The fourth-order valence-electron chi connectivity index (χ4n) is 4.89. The molecule has 0 bridgehead atoms. The fourth-order valence-corrected chi connectivity index (χ4v) is 4.89. The van der Waals surface area contributed by atoms with Crippen LogP contribution < -0.4 is 0 Å². The maximum absolute atomic E-state index is 10.6. The van der Waals surface area contributed by atoms with Crippen molar-refractivity contribution in [2.24, 2.45) is 0 Å². The van der Waals surface area contributed by atoms with Crippen LogP contribution in [-0.2, 0) is 4.79 Å². The van der Waals surface area contributed by atoms with E-state index in [4.69, 9.17) is 0 Å². The molecule has 7 heteroatoms. The molecule has 0 unspecified atom stereocenters. The molecule has 0 radical (unpaired) electrons. The van der Waals surface area contributed by atoms with Crippen molar-refractivity contribution in [1.29, 1.82) is 0 Å². The highest BCUT2D eigenvalue weighted by Crippen LogP contribution is 2.05. The number of hydrogen-bond donors (Lipinski definition) is 0. The molecule has 0 spiro atoms. The number of hydrogen-bond acceptors (Lipinski definition) is 7. The van der Waals surface area contributed by atoms with E-state index in [2.05, 4.69) is 64.6 Å². The number of carbonyl (C=O) groups is 1. The topological polar surface area (TPSA) is 36.5 Å². The second-order valence-electron chi connectivity index (χ2n) is 11.7. The van der Waals surface area contributed by atoms with Crippen LogP contribution in [0.4, 0.5) is 0 Å². The Kier molecular flexibility index (Phi) is 23.0. The number of piperazine rings is 1. The second-order valence-corrected chi connectivity index (χ2v) is 11.7. The van der Waals surface area contributed by atoms with Crippen LogP contribution in [-0.4, -0.2) is 156 Å². The van der Waals surface area contributed by atoms with Crippen LogP contribution in [0.5, 0.6) is 0 Å². The van der Waals surface area contributed by atoms with Crippen molar-refractivity contribution < 1.29 is 4.79 Å². The number of ketones is 1. The van der Waals surface area contributed by atoms with Crippen molar-refractivity contribution in [1.82, 2.24) is 29.4 Å². The van der Waals surface area contributed by atoms with Crippen molar-refractivity contribution in [3.63, 3.8) is 0 Å². The van der Waals surface area contributed by atoms with E-state index in [0.29, 0.717) is 12.3 Å². The maximum Gasteiger partial charge on any atom is 0.146 e. The Morgan fingerprint density at radius 1 is 0.378 bits per heavy atom. The average Bonchev–Trinajstić information content (AvgIpc) is 3.34. The molecule has 0 amide bonds. The minimum absolute atomic E-state index is 0. The molecule has 37 heavy (non-hydrogen) atoms. The molecular formula is C30H66N6O. The largest absolute Gasteiger partial charge is 0.306 e. The Morgan fingerprint density at radius 2 is 0.649 bits per heavy atom. The van der Waals surface area contributed by atoms with E-state index in [1.807, 2.05) is 7.05 Å². The summed E-state index contributed by atoms with van der Waals surface area (Å²) in [5.41, 5.74) is 0. The highest BCUT2D eigenvalue weighted by Gasteiger charge is 2.11. The summed E-state index contributed by atoms with van der Waals surface area (Å²) < 4.78 is 0. The Balaban J connectivity index is 0.000000436. The lowest BCUT2D eigenvalue weighted by Crippen LogP contribution is -2.42. The molecule has 0 aromatic carbocycles. The number of carbonyl (C=O) groups excluding carboxylic acids is 1. The molecule has 222 valence electrons. The zero-order valence-electron chi connectivity index (χ0n) is 25.1. The molecule has 5 rings (SSSR count). The molecule has 0 aromatic heterocycles. The van der Waals surface area contributed by atoms with Gasteiger partial charge in [0.1, 0.15) is 5.78 Å². The van der Waals surface area contributed by atoms with E-state index >= 15 is 0 Å². The lowest BCUT2D eigenvalue weighted by atomic mass is 10.1. The fraction of sp³-hybridized carbons (Fsp3) is 0.967. The zero-order valence-corrected chi connectivity index (χ0v) is 25.1. The quantitative estimate of drug-likeness (QED) is 0.476. The van der Waals surface area contributed by atoms with Crippen LogP contribution in [0.2, 0.25) is 0 Å². The summed E-state index contributed by atoms with van der Waals surface area (Å²) in [4.78, 5) is 24.6. The highest BCUT2D eigenvalue weighted by atomic mass is 16.1. The molecule has 0 aromatic rings. The van der Waals surface area contributed by atoms with E-state index in [9.17, 15) is 4.79 Å². The van der Waals surface area contributed by atoms with E-state index in [-0.39, 0.29) is 7.43 Å². The Hall–Kier alpha value is -0.570. The van der Waals surface area contributed by atoms with Crippen molar-refractivity contribution in [2.45, 2.75) is 71.6 Å². The third kappa shape index (κ3) is 22.0. The van der Waals surface area contributed by atoms with Gasteiger partial charge in [0, 0.05) is 32.6 Å². The summed E-state index contributed by atoms with van der Waals surface area (Å²) in [6, 6.07) is 0. The van der Waals surface area contributed by atoms with Gasteiger partial charge in [0.15, 0.2) is 0 Å². The number of rotatable bonds is 0. The van der Waals surface area contributed by atoms with Gasteiger partial charge in [0.05, 0.1) is 6.54 Å². The van der Waals surface area contributed by atoms with Gasteiger partial charge in [-0.1, -0.05) is 20.3 Å². The molecule has 0 aliphatic carbocycles. The van der Waals surface area contributed by atoms with Crippen molar-refractivity contribution in [3.8, 4) is 0 Å². The van der Waals surface area contributed by atoms with E-state index < -0.39 is 0 Å².